The van der Waals surface area contributed by atoms with Crippen LogP contribution in [0.5, 0.6) is 0 Å². The molecular formula is C13H17NO5S. The normalized spacial score (nSPS) is 14.2. The first kappa shape index (κ1) is 16.2. The lowest BCUT2D eigenvalue weighted by Crippen LogP contribution is -2.22. The van der Waals surface area contributed by atoms with Gasteiger partial charge in [0, 0.05) is 11.2 Å². The number of hydrogen-bond donors (Lipinski definition) is 1. The Labute approximate surface area is 117 Å². The van der Waals surface area contributed by atoms with Crippen molar-refractivity contribution >= 4 is 21.8 Å². The summed E-state index contributed by atoms with van der Waals surface area (Å²) in [5.74, 6) is -1.08. The Balaban J connectivity index is 3.07. The third kappa shape index (κ3) is 4.65. The zero-order chi connectivity index (χ0) is 15.6. The van der Waals surface area contributed by atoms with E-state index in [1.165, 1.54) is 30.5 Å². The summed E-state index contributed by atoms with van der Waals surface area (Å²) >= 11 is 0. The molecule has 0 aliphatic carbocycles. The minimum absolute atomic E-state index is 0.0706. The van der Waals surface area contributed by atoms with Crippen molar-refractivity contribution in [1.29, 1.82) is 0 Å². The molecule has 110 valence electrons. The number of ether oxygens (including phenoxy) is 1. The van der Waals surface area contributed by atoms with E-state index in [1.54, 1.807) is 20.8 Å². The maximum Gasteiger partial charge on any atom is 0.442 e. The highest BCUT2D eigenvalue weighted by Gasteiger charge is 2.18. The predicted molar refractivity (Wildman–Crippen MR) is 74.4 cm³/mol. The van der Waals surface area contributed by atoms with Crippen LogP contribution in [0.1, 0.15) is 31.1 Å². The fourth-order valence-corrected chi connectivity index (χ4v) is 2.39. The third-order valence-electron chi connectivity index (χ3n) is 2.18. The zero-order valence-electron chi connectivity index (χ0n) is 11.7. The van der Waals surface area contributed by atoms with E-state index in [0.717, 1.165) is 0 Å². The van der Waals surface area contributed by atoms with Crippen LogP contribution in [-0.4, -0.2) is 33.2 Å². The van der Waals surface area contributed by atoms with Gasteiger partial charge in [-0.15, -0.1) is 4.36 Å². The standard InChI is InChI=1S/C13H17NO5S/c1-13(2,3)19-12(17)14-20(4,18)10-7-5-9(6-8-10)11(15)16/h5-8H,1-4H3,(H,15,16)/t20-/m0/s1. The van der Waals surface area contributed by atoms with Crippen LogP contribution < -0.4 is 0 Å². The number of nitrogens with zero attached hydrogens (tertiary/aromatic N) is 1. The number of benzene rings is 1. The SMILES string of the molecule is CC(C)(C)OC(=O)N=[S@@](C)(=O)c1ccc(C(=O)O)cc1. The second-order valence-electron chi connectivity index (χ2n) is 5.20. The van der Waals surface area contributed by atoms with E-state index in [9.17, 15) is 13.8 Å². The molecule has 7 heteroatoms. The summed E-state index contributed by atoms with van der Waals surface area (Å²) in [7, 11) is -2.97. The molecule has 0 unspecified atom stereocenters. The van der Waals surface area contributed by atoms with Crippen LogP contribution in [0.15, 0.2) is 33.5 Å². The molecule has 1 aromatic carbocycles. The van der Waals surface area contributed by atoms with Gasteiger partial charge in [-0.3, -0.25) is 0 Å². The lowest BCUT2D eigenvalue weighted by Gasteiger charge is -2.17. The highest BCUT2D eigenvalue weighted by Crippen LogP contribution is 2.15. The zero-order valence-corrected chi connectivity index (χ0v) is 12.6. The predicted octanol–water partition coefficient (Wildman–Crippen LogP) is 2.78. The van der Waals surface area contributed by atoms with Gasteiger partial charge in [0.05, 0.1) is 15.3 Å². The van der Waals surface area contributed by atoms with E-state index in [0.29, 0.717) is 0 Å². The number of amides is 1. The van der Waals surface area contributed by atoms with Crippen molar-refractivity contribution in [2.75, 3.05) is 6.26 Å². The van der Waals surface area contributed by atoms with Crippen molar-refractivity contribution in [3.05, 3.63) is 29.8 Å². The molecule has 1 aromatic rings. The van der Waals surface area contributed by atoms with E-state index < -0.39 is 27.4 Å². The first-order valence-corrected chi connectivity index (χ1v) is 7.72. The first-order chi connectivity index (χ1) is 9.01. The quantitative estimate of drug-likeness (QED) is 0.906. The summed E-state index contributed by atoms with van der Waals surface area (Å²) < 4.78 is 20.9. The van der Waals surface area contributed by atoms with Crippen molar-refractivity contribution < 1.29 is 23.6 Å². The Morgan fingerprint density at radius 3 is 2.10 bits per heavy atom. The molecule has 1 rings (SSSR count). The summed E-state index contributed by atoms with van der Waals surface area (Å²) in [6.07, 6.45) is 0.388. The molecule has 0 fully saturated rings. The number of hydrogen-bond acceptors (Lipinski definition) is 4. The van der Waals surface area contributed by atoms with Crippen molar-refractivity contribution in [3.63, 3.8) is 0 Å². The van der Waals surface area contributed by atoms with Crippen LogP contribution in [0.4, 0.5) is 4.79 Å². The molecule has 20 heavy (non-hydrogen) atoms. The van der Waals surface area contributed by atoms with E-state index in [1.807, 2.05) is 0 Å². The molecule has 0 spiro atoms. The van der Waals surface area contributed by atoms with Gasteiger partial charge in [0.25, 0.3) is 0 Å². The number of carbonyl (C=O) groups excluding carboxylic acids is 1. The Kier molecular flexibility index (Phi) is 4.54. The van der Waals surface area contributed by atoms with Crippen LogP contribution in [0.25, 0.3) is 0 Å². The van der Waals surface area contributed by atoms with Gasteiger partial charge in [0.1, 0.15) is 5.60 Å². The second kappa shape index (κ2) is 5.62. The van der Waals surface area contributed by atoms with Crippen LogP contribution in [0, 0.1) is 0 Å². The maximum atomic E-state index is 12.4. The van der Waals surface area contributed by atoms with Crippen molar-refractivity contribution in [2.45, 2.75) is 31.3 Å². The van der Waals surface area contributed by atoms with Crippen LogP contribution >= 0.6 is 0 Å². The molecule has 0 aliphatic heterocycles. The van der Waals surface area contributed by atoms with Gasteiger partial charge in [-0.1, -0.05) is 0 Å². The van der Waals surface area contributed by atoms with Crippen LogP contribution in [0.3, 0.4) is 0 Å². The maximum absolute atomic E-state index is 12.4. The molecule has 0 heterocycles. The minimum atomic E-state index is -2.97. The largest absolute Gasteiger partial charge is 0.478 e. The van der Waals surface area contributed by atoms with Crippen molar-refractivity contribution in [3.8, 4) is 0 Å². The molecule has 0 saturated carbocycles. The number of aromatic carboxylic acids is 1. The van der Waals surface area contributed by atoms with Crippen LogP contribution in [0.2, 0.25) is 0 Å². The Hall–Kier alpha value is -1.89. The summed E-state index contributed by atoms with van der Waals surface area (Å²) in [5, 5.41) is 8.78. The van der Waals surface area contributed by atoms with E-state index in [4.69, 9.17) is 9.84 Å². The molecule has 0 aliphatic rings. The Bertz CT molecular complexity index is 634. The molecule has 1 amide bonds. The number of carboxylic acid groups (broad SMARTS) is 1. The molecule has 0 saturated heterocycles. The summed E-state index contributed by atoms with van der Waals surface area (Å²) in [5.41, 5.74) is -0.648. The number of carbonyl (C=O) groups is 2. The fraction of sp³-hybridized carbons (Fsp3) is 0.385. The van der Waals surface area contributed by atoms with Gasteiger partial charge in [0.15, 0.2) is 0 Å². The fourth-order valence-electron chi connectivity index (χ4n) is 1.33. The summed E-state index contributed by atoms with van der Waals surface area (Å²) in [4.78, 5) is 22.6. The minimum Gasteiger partial charge on any atom is -0.478 e. The average molecular weight is 299 g/mol. The van der Waals surface area contributed by atoms with Crippen LogP contribution in [-0.2, 0) is 14.5 Å². The van der Waals surface area contributed by atoms with Gasteiger partial charge < -0.3 is 9.84 Å². The molecule has 0 bridgehead atoms. The third-order valence-corrected chi connectivity index (χ3v) is 3.83. The monoisotopic (exact) mass is 299 g/mol. The summed E-state index contributed by atoms with van der Waals surface area (Å²) in [6, 6.07) is 5.37. The van der Waals surface area contributed by atoms with E-state index in [-0.39, 0.29) is 10.5 Å². The van der Waals surface area contributed by atoms with Gasteiger partial charge in [0.2, 0.25) is 0 Å². The molecule has 1 N–H and O–H groups in total. The lowest BCUT2D eigenvalue weighted by molar-refractivity contribution is 0.0606. The highest BCUT2D eigenvalue weighted by atomic mass is 32.2. The molecule has 0 aromatic heterocycles. The Morgan fingerprint density at radius 1 is 1.20 bits per heavy atom. The van der Waals surface area contributed by atoms with Gasteiger partial charge in [-0.25, -0.2) is 13.8 Å². The number of rotatable bonds is 2. The molecule has 0 radical (unpaired) electrons. The highest BCUT2D eigenvalue weighted by molar-refractivity contribution is 7.93. The van der Waals surface area contributed by atoms with Gasteiger partial charge in [-0.05, 0) is 45.0 Å². The lowest BCUT2D eigenvalue weighted by atomic mass is 10.2. The topological polar surface area (TPSA) is 93.0 Å². The van der Waals surface area contributed by atoms with Crippen molar-refractivity contribution in [1.82, 2.24) is 0 Å². The second-order valence-corrected chi connectivity index (χ2v) is 7.46. The molecular weight excluding hydrogens is 282 g/mol. The van der Waals surface area contributed by atoms with E-state index >= 15 is 0 Å². The van der Waals surface area contributed by atoms with E-state index in [2.05, 4.69) is 4.36 Å². The molecule has 6 nitrogen and oxygen atoms in total. The summed E-state index contributed by atoms with van der Waals surface area (Å²) in [6.45, 7) is 5.04. The molecule has 1 atom stereocenters. The smallest absolute Gasteiger partial charge is 0.442 e. The number of carboxylic acids is 1. The van der Waals surface area contributed by atoms with Crippen molar-refractivity contribution in [2.24, 2.45) is 4.36 Å². The Morgan fingerprint density at radius 2 is 1.70 bits per heavy atom. The first-order valence-electron chi connectivity index (χ1n) is 5.80. The average Bonchev–Trinajstić information content (AvgIpc) is 2.25. The van der Waals surface area contributed by atoms with Gasteiger partial charge in [-0.2, -0.15) is 0 Å². The van der Waals surface area contributed by atoms with Gasteiger partial charge >= 0.3 is 12.1 Å².